The van der Waals surface area contributed by atoms with Crippen LogP contribution in [0.2, 0.25) is 0 Å². The summed E-state index contributed by atoms with van der Waals surface area (Å²) in [7, 11) is 0. The molecule has 21 heavy (non-hydrogen) atoms. The molecule has 1 rings (SSSR count). The maximum absolute atomic E-state index is 8.64. The smallest absolute Gasteiger partial charge is 0.108 e. The zero-order chi connectivity index (χ0) is 15.2. The zero-order valence-electron chi connectivity index (χ0n) is 13.7. The normalized spacial score (nSPS) is 10.7. The number of unbranched alkanes of at least 4 members (excludes halogenated alkanes) is 9. The molecule has 1 heterocycles. The molecule has 0 radical (unpaired) electrons. The fourth-order valence-electron chi connectivity index (χ4n) is 2.71. The Bertz CT molecular complexity index is 389. The second-order valence-corrected chi connectivity index (χ2v) is 5.88. The van der Waals surface area contributed by atoms with Crippen LogP contribution in [0, 0.1) is 11.3 Å². The molecular formula is C18H31N3. The zero-order valence-corrected chi connectivity index (χ0v) is 13.7. The highest BCUT2D eigenvalue weighted by Gasteiger charge is 2.02. The predicted octanol–water partition coefficient (Wildman–Crippen LogP) is 5.26. The minimum atomic E-state index is 0.571. The molecular weight excluding hydrogens is 258 g/mol. The van der Waals surface area contributed by atoms with Gasteiger partial charge in [-0.15, -0.1) is 0 Å². The summed E-state index contributed by atoms with van der Waals surface area (Å²) in [6, 6.07) is 2.19. The molecule has 0 amide bonds. The Morgan fingerprint density at radius 3 is 2.24 bits per heavy atom. The van der Waals surface area contributed by atoms with Crippen LogP contribution in [0.1, 0.15) is 83.4 Å². The van der Waals surface area contributed by atoms with Gasteiger partial charge in [-0.25, -0.2) is 4.98 Å². The van der Waals surface area contributed by atoms with E-state index in [1.165, 1.54) is 64.2 Å². The molecule has 1 aromatic heterocycles. The van der Waals surface area contributed by atoms with Crippen LogP contribution in [-0.2, 0) is 13.0 Å². The molecule has 0 unspecified atom stereocenters. The van der Waals surface area contributed by atoms with E-state index in [0.717, 1.165) is 18.8 Å². The molecule has 3 nitrogen and oxygen atoms in total. The lowest BCUT2D eigenvalue weighted by Crippen LogP contribution is -2.02. The second kappa shape index (κ2) is 12.4. The van der Waals surface area contributed by atoms with Gasteiger partial charge in [0.25, 0.3) is 0 Å². The average Bonchev–Trinajstić information content (AvgIpc) is 2.94. The monoisotopic (exact) mass is 289 g/mol. The Balaban J connectivity index is 1.97. The first-order valence-corrected chi connectivity index (χ1v) is 8.75. The summed E-state index contributed by atoms with van der Waals surface area (Å²) in [5.74, 6) is 1.14. The van der Waals surface area contributed by atoms with E-state index < -0.39 is 0 Å². The van der Waals surface area contributed by atoms with Gasteiger partial charge in [-0.05, 0) is 6.42 Å². The highest BCUT2D eigenvalue weighted by molar-refractivity contribution is 4.93. The van der Waals surface area contributed by atoms with E-state index in [1.54, 1.807) is 0 Å². The second-order valence-electron chi connectivity index (χ2n) is 5.88. The van der Waals surface area contributed by atoms with Crippen molar-refractivity contribution in [3.8, 4) is 6.07 Å². The summed E-state index contributed by atoms with van der Waals surface area (Å²) < 4.78 is 2.12. The van der Waals surface area contributed by atoms with Gasteiger partial charge in [-0.2, -0.15) is 5.26 Å². The lowest BCUT2D eigenvalue weighted by molar-refractivity contribution is 0.549. The Morgan fingerprint density at radius 1 is 1.00 bits per heavy atom. The summed E-state index contributed by atoms with van der Waals surface area (Å²) in [5, 5.41) is 8.64. The topological polar surface area (TPSA) is 41.6 Å². The third-order valence-electron chi connectivity index (χ3n) is 4.02. The number of aromatic nitrogens is 2. The fourth-order valence-corrected chi connectivity index (χ4v) is 2.71. The third-order valence-corrected chi connectivity index (χ3v) is 4.02. The van der Waals surface area contributed by atoms with Crippen LogP contribution in [-0.4, -0.2) is 9.55 Å². The first-order valence-electron chi connectivity index (χ1n) is 8.75. The molecule has 0 aliphatic heterocycles. The van der Waals surface area contributed by atoms with Gasteiger partial charge in [-0.3, -0.25) is 0 Å². The van der Waals surface area contributed by atoms with E-state index in [2.05, 4.69) is 22.5 Å². The van der Waals surface area contributed by atoms with Crippen molar-refractivity contribution >= 4 is 0 Å². The number of nitriles is 1. The van der Waals surface area contributed by atoms with E-state index in [0.29, 0.717) is 6.42 Å². The molecule has 0 atom stereocenters. The molecule has 0 aliphatic rings. The summed E-state index contributed by atoms with van der Waals surface area (Å²) in [5.41, 5.74) is 0. The van der Waals surface area contributed by atoms with Crippen molar-refractivity contribution in [1.29, 1.82) is 5.26 Å². The number of imidazole rings is 1. The van der Waals surface area contributed by atoms with Crippen LogP contribution < -0.4 is 0 Å². The van der Waals surface area contributed by atoms with E-state index in [9.17, 15) is 0 Å². The molecule has 0 fully saturated rings. The molecule has 0 bridgehead atoms. The van der Waals surface area contributed by atoms with E-state index in [-0.39, 0.29) is 0 Å². The van der Waals surface area contributed by atoms with Crippen LogP contribution in [0.3, 0.4) is 0 Å². The number of hydrogen-bond donors (Lipinski definition) is 0. The summed E-state index contributed by atoms with van der Waals surface area (Å²) >= 11 is 0. The number of nitrogens with zero attached hydrogens (tertiary/aromatic N) is 3. The summed E-state index contributed by atoms with van der Waals surface area (Å²) in [6.45, 7) is 3.05. The van der Waals surface area contributed by atoms with Crippen LogP contribution >= 0.6 is 0 Å². The van der Waals surface area contributed by atoms with Crippen molar-refractivity contribution in [2.75, 3.05) is 0 Å². The van der Waals surface area contributed by atoms with Crippen molar-refractivity contribution in [3.05, 3.63) is 18.2 Å². The number of rotatable bonds is 13. The number of hydrogen-bond acceptors (Lipinski definition) is 2. The Hall–Kier alpha value is -1.30. The van der Waals surface area contributed by atoms with Crippen molar-refractivity contribution in [1.82, 2.24) is 9.55 Å². The van der Waals surface area contributed by atoms with Gasteiger partial charge >= 0.3 is 0 Å². The first kappa shape index (κ1) is 17.8. The maximum atomic E-state index is 8.64. The molecule has 118 valence electrons. The maximum Gasteiger partial charge on any atom is 0.108 e. The van der Waals surface area contributed by atoms with Crippen LogP contribution in [0.5, 0.6) is 0 Å². The van der Waals surface area contributed by atoms with Gasteiger partial charge in [0.15, 0.2) is 0 Å². The minimum absolute atomic E-state index is 0.571. The largest absolute Gasteiger partial charge is 0.334 e. The van der Waals surface area contributed by atoms with Crippen molar-refractivity contribution in [2.45, 2.75) is 90.5 Å². The van der Waals surface area contributed by atoms with Crippen LogP contribution in [0.25, 0.3) is 0 Å². The number of aryl methyl sites for hydroxylation is 2. The minimum Gasteiger partial charge on any atom is -0.334 e. The Kier molecular flexibility index (Phi) is 10.5. The van der Waals surface area contributed by atoms with Crippen molar-refractivity contribution in [2.24, 2.45) is 0 Å². The van der Waals surface area contributed by atoms with E-state index >= 15 is 0 Å². The lowest BCUT2D eigenvalue weighted by atomic mass is 10.1. The van der Waals surface area contributed by atoms with E-state index in [1.807, 2.05) is 12.4 Å². The fraction of sp³-hybridized carbons (Fsp3) is 0.778. The summed E-state index contributed by atoms with van der Waals surface area (Å²) in [4.78, 5) is 4.40. The molecule has 0 N–H and O–H groups in total. The van der Waals surface area contributed by atoms with Gasteiger partial charge in [0.1, 0.15) is 5.82 Å². The molecule has 0 saturated carbocycles. The molecule has 0 spiro atoms. The predicted molar refractivity (Wildman–Crippen MR) is 88.0 cm³/mol. The standard InChI is InChI=1S/C18H31N3/c1-2-3-4-5-6-7-8-9-10-11-13-18-20-15-17-21(18)16-12-14-19/h15,17H,2-13,16H2,1H3. The Morgan fingerprint density at radius 2 is 1.62 bits per heavy atom. The molecule has 0 aliphatic carbocycles. The van der Waals surface area contributed by atoms with Gasteiger partial charge in [0.2, 0.25) is 0 Å². The highest BCUT2D eigenvalue weighted by Crippen LogP contribution is 2.12. The van der Waals surface area contributed by atoms with Crippen LogP contribution in [0.4, 0.5) is 0 Å². The van der Waals surface area contributed by atoms with Crippen LogP contribution in [0.15, 0.2) is 12.4 Å². The van der Waals surface area contributed by atoms with Gasteiger partial charge in [0.05, 0.1) is 12.5 Å². The molecule has 0 aromatic carbocycles. The van der Waals surface area contributed by atoms with Gasteiger partial charge in [0, 0.05) is 25.4 Å². The SMILES string of the molecule is CCCCCCCCCCCCc1nccn1CCC#N. The third kappa shape index (κ3) is 8.55. The quantitative estimate of drug-likeness (QED) is 0.465. The lowest BCUT2D eigenvalue weighted by Gasteiger charge is -2.05. The van der Waals surface area contributed by atoms with Crippen molar-refractivity contribution < 1.29 is 0 Å². The van der Waals surface area contributed by atoms with Gasteiger partial charge in [-0.1, -0.05) is 64.7 Å². The van der Waals surface area contributed by atoms with Gasteiger partial charge < -0.3 is 4.57 Å². The Labute approximate surface area is 130 Å². The molecule has 3 heteroatoms. The van der Waals surface area contributed by atoms with E-state index in [4.69, 9.17) is 5.26 Å². The molecule has 1 aromatic rings. The summed E-state index contributed by atoms with van der Waals surface area (Å²) in [6.07, 6.45) is 19.1. The van der Waals surface area contributed by atoms with Crippen molar-refractivity contribution in [3.63, 3.8) is 0 Å². The first-order chi connectivity index (χ1) is 10.4. The average molecular weight is 289 g/mol. The molecule has 0 saturated heterocycles. The highest BCUT2D eigenvalue weighted by atomic mass is 15.1.